The van der Waals surface area contributed by atoms with Crippen molar-refractivity contribution in [3.05, 3.63) is 148 Å². The average Bonchev–Trinajstić information content (AvgIpc) is 3.68. The van der Waals surface area contributed by atoms with Gasteiger partial charge < -0.3 is 24.8 Å². The zero-order valence-corrected chi connectivity index (χ0v) is 30.8. The minimum absolute atomic E-state index is 0. The van der Waals surface area contributed by atoms with Crippen LogP contribution in [-0.4, -0.2) is 3.21 Å². The third kappa shape index (κ3) is 10.6. The third-order valence-corrected chi connectivity index (χ3v) is 9.03. The van der Waals surface area contributed by atoms with E-state index < -0.39 is 0 Å². The fraction of sp³-hybridized carbons (Fsp3) is 0.268. The van der Waals surface area contributed by atoms with E-state index in [1.807, 2.05) is 12.2 Å². The summed E-state index contributed by atoms with van der Waals surface area (Å²) in [5, 5.41) is 5.75. The number of allylic oxidation sites excluding steroid dienone is 4. The summed E-state index contributed by atoms with van der Waals surface area (Å²) in [6, 6.07) is 30.9. The zero-order valence-electron chi connectivity index (χ0n) is 26.8. The molecule has 0 bridgehead atoms. The molecule has 5 aromatic rings. The Balaban J connectivity index is 0.000000260. The molecule has 1 aliphatic rings. The molecule has 0 fully saturated rings. The summed E-state index contributed by atoms with van der Waals surface area (Å²) in [4.78, 5) is 0. The van der Waals surface area contributed by atoms with E-state index in [0.29, 0.717) is 0 Å². The van der Waals surface area contributed by atoms with E-state index in [2.05, 4.69) is 132 Å². The van der Waals surface area contributed by atoms with E-state index in [9.17, 15) is 0 Å². The first-order valence-corrected chi connectivity index (χ1v) is 16.6. The molecule has 0 spiro atoms. The maximum absolute atomic E-state index is 2.99. The van der Waals surface area contributed by atoms with Crippen molar-refractivity contribution >= 4 is 24.8 Å². The molecule has 0 N–H and O–H groups in total. The fourth-order valence-corrected chi connectivity index (χ4v) is 6.51. The van der Waals surface area contributed by atoms with Gasteiger partial charge in [-0.3, -0.25) is 6.08 Å². The van der Waals surface area contributed by atoms with E-state index in [0.717, 1.165) is 19.3 Å². The van der Waals surface area contributed by atoms with Gasteiger partial charge in [-0.05, 0) is 27.7 Å². The summed E-state index contributed by atoms with van der Waals surface area (Å²) < 4.78 is 1.60. The molecule has 0 heterocycles. The molecule has 1 aliphatic carbocycles. The van der Waals surface area contributed by atoms with Gasteiger partial charge in [-0.2, -0.15) is 6.08 Å². The van der Waals surface area contributed by atoms with Crippen LogP contribution in [0.25, 0.3) is 21.5 Å². The molecule has 0 nitrogen and oxygen atoms in total. The van der Waals surface area contributed by atoms with Crippen molar-refractivity contribution in [1.82, 2.24) is 0 Å². The number of benzene rings is 4. The summed E-state index contributed by atoms with van der Waals surface area (Å²) in [6.07, 6.45) is 16.0. The van der Waals surface area contributed by atoms with Crippen molar-refractivity contribution in [2.45, 2.75) is 73.1 Å². The second-order valence-corrected chi connectivity index (χ2v) is 13.2. The Morgan fingerprint density at radius 1 is 0.773 bits per heavy atom. The normalized spacial score (nSPS) is 11.2. The topological polar surface area (TPSA) is 0 Å². The maximum atomic E-state index is 2.99. The Labute approximate surface area is 293 Å². The van der Waals surface area contributed by atoms with Gasteiger partial charge in [0.25, 0.3) is 0 Å². The van der Waals surface area contributed by atoms with Gasteiger partial charge in [0.2, 0.25) is 0 Å². The second kappa shape index (κ2) is 19.2. The van der Waals surface area contributed by atoms with Crippen molar-refractivity contribution < 1.29 is 49.0 Å². The first-order valence-electron chi connectivity index (χ1n) is 15.3. The predicted molar refractivity (Wildman–Crippen MR) is 181 cm³/mol. The Kier molecular flexibility index (Phi) is 16.4. The summed E-state index contributed by atoms with van der Waals surface area (Å²) in [5.41, 5.74) is 10.1. The summed E-state index contributed by atoms with van der Waals surface area (Å²) in [6.45, 7) is 11.2. The molecule has 6 rings (SSSR count). The Hall–Kier alpha value is -2.44. The van der Waals surface area contributed by atoms with Gasteiger partial charge in [-0.15, -0.1) is 45.7 Å². The SMILES string of the molecule is CCCCc1c(C)c(C)cc2c1[cH-]c1cc(C)c(C)cc12.[C-]1=CC=CC1.[Cl-].[Cl-].[Zr+2]=[C](Cc1ccccc1)Cc1ccccc1. The molecule has 0 atom stereocenters. The van der Waals surface area contributed by atoms with E-state index >= 15 is 0 Å². The number of hydrogen-bond acceptors (Lipinski definition) is 0. The van der Waals surface area contributed by atoms with Crippen molar-refractivity contribution in [1.29, 1.82) is 0 Å². The van der Waals surface area contributed by atoms with Crippen LogP contribution in [-0.2, 0) is 43.5 Å². The van der Waals surface area contributed by atoms with E-state index in [4.69, 9.17) is 0 Å². The van der Waals surface area contributed by atoms with E-state index in [-0.39, 0.29) is 24.8 Å². The molecule has 228 valence electrons. The number of rotatable bonds is 7. The molecule has 0 aliphatic heterocycles. The number of halogens is 2. The van der Waals surface area contributed by atoms with Gasteiger partial charge in [0.1, 0.15) is 0 Å². The minimum atomic E-state index is 0. The standard InChI is InChI=1S/C21H25.C15H14.C5H5.2ClH.Zr/c1-6-7-8-18-16(5)15(4)11-20-19-10-14(3)13(2)9-17(19)12-21(18)20;1-3-8-14(9-4-1)12-7-13-15-10-5-2-6-11-15;1-2-4-5-3-1;;;/h9-12H,6-8H2,1-5H3;1-6,8-11H,12-13H2;1-3H,4H2;2*1H;/q-1;;-1;;;+2/p-2. The fourth-order valence-electron chi connectivity index (χ4n) is 5.50. The monoisotopic (exact) mass is 696 g/mol. The van der Waals surface area contributed by atoms with Crippen LogP contribution in [0.1, 0.15) is 65.1 Å². The number of fused-ring (bicyclic) bond motifs is 3. The molecule has 0 amide bonds. The van der Waals surface area contributed by atoms with Crippen LogP contribution in [0, 0.1) is 33.8 Å². The van der Waals surface area contributed by atoms with Crippen molar-refractivity contribution in [2.75, 3.05) is 0 Å². The quantitative estimate of drug-likeness (QED) is 0.215. The van der Waals surface area contributed by atoms with Gasteiger partial charge in [0, 0.05) is 0 Å². The molecule has 5 aromatic carbocycles. The third-order valence-electron chi connectivity index (χ3n) is 8.16. The van der Waals surface area contributed by atoms with Crippen LogP contribution in [0.4, 0.5) is 0 Å². The van der Waals surface area contributed by atoms with Crippen molar-refractivity contribution in [2.24, 2.45) is 0 Å². The first kappa shape index (κ1) is 37.7. The number of aryl methyl sites for hydroxylation is 4. The van der Waals surface area contributed by atoms with Gasteiger partial charge in [0.15, 0.2) is 0 Å². The van der Waals surface area contributed by atoms with Gasteiger partial charge in [-0.25, -0.2) is 12.2 Å². The molecular weight excluding hydrogens is 655 g/mol. The molecule has 0 aromatic heterocycles. The van der Waals surface area contributed by atoms with Crippen LogP contribution in [0.3, 0.4) is 0 Å². The molecule has 44 heavy (non-hydrogen) atoms. The molecule has 0 unspecified atom stereocenters. The predicted octanol–water partition coefficient (Wildman–Crippen LogP) is 4.79. The van der Waals surface area contributed by atoms with Crippen molar-refractivity contribution in [3.63, 3.8) is 0 Å². The summed E-state index contributed by atoms with van der Waals surface area (Å²) in [5.74, 6) is 0. The first-order chi connectivity index (χ1) is 20.4. The van der Waals surface area contributed by atoms with Gasteiger partial charge >= 0.3 is 112 Å². The van der Waals surface area contributed by atoms with Crippen LogP contribution >= 0.6 is 0 Å². The zero-order chi connectivity index (χ0) is 29.9. The Morgan fingerprint density at radius 2 is 1.34 bits per heavy atom. The molecule has 0 radical (unpaired) electrons. The Morgan fingerprint density at radius 3 is 1.84 bits per heavy atom. The van der Waals surface area contributed by atoms with E-state index in [1.54, 1.807) is 33.0 Å². The van der Waals surface area contributed by atoms with E-state index in [1.165, 1.54) is 74.2 Å². The van der Waals surface area contributed by atoms with Crippen LogP contribution in [0.5, 0.6) is 0 Å². The average molecular weight is 699 g/mol. The molecule has 0 saturated heterocycles. The van der Waals surface area contributed by atoms with Gasteiger partial charge in [-0.1, -0.05) is 60.6 Å². The van der Waals surface area contributed by atoms with Crippen LogP contribution < -0.4 is 24.8 Å². The molecular formula is C41H44Cl2Zr-2. The molecule has 0 saturated carbocycles. The second-order valence-electron chi connectivity index (χ2n) is 11.5. The molecule has 3 heteroatoms. The van der Waals surface area contributed by atoms with Gasteiger partial charge in [0.05, 0.1) is 0 Å². The summed E-state index contributed by atoms with van der Waals surface area (Å²) >= 11 is 1.55. The number of hydrogen-bond donors (Lipinski definition) is 0. The van der Waals surface area contributed by atoms with Crippen LogP contribution in [0.2, 0.25) is 0 Å². The number of unbranched alkanes of at least 4 members (excludes halogenated alkanes) is 1. The van der Waals surface area contributed by atoms with Crippen molar-refractivity contribution in [3.8, 4) is 0 Å². The van der Waals surface area contributed by atoms with Crippen LogP contribution in [0.15, 0.2) is 103 Å². The Bertz CT molecular complexity index is 1620. The summed E-state index contributed by atoms with van der Waals surface area (Å²) in [7, 11) is 0.